The number of unbranched alkanes of at least 4 members (excludes halogenated alkanes) is 25. The molecule has 3 nitrogen and oxygen atoms in total. The second-order valence-electron chi connectivity index (χ2n) is 12.1. The van der Waals surface area contributed by atoms with Gasteiger partial charge in [0.25, 0.3) is 0 Å². The highest BCUT2D eigenvalue weighted by molar-refractivity contribution is 5.92. The molecule has 3 heteroatoms. The molecule has 0 fully saturated rings. The third-order valence-electron chi connectivity index (χ3n) is 8.36. The van der Waals surface area contributed by atoms with Crippen LogP contribution in [0.15, 0.2) is 34.7 Å². The number of furan rings is 1. The number of para-hydroxylation sites is 1. The fourth-order valence-corrected chi connectivity index (χ4v) is 5.74. The number of carbonyl (C=O) groups is 1. The van der Waals surface area contributed by atoms with Crippen LogP contribution in [-0.2, 0) is 4.74 Å². The average Bonchev–Trinajstić information content (AvgIpc) is 3.41. The molecule has 0 aliphatic rings. The summed E-state index contributed by atoms with van der Waals surface area (Å²) in [5.74, 6) is -0.0493. The van der Waals surface area contributed by atoms with Gasteiger partial charge < -0.3 is 9.15 Å². The van der Waals surface area contributed by atoms with E-state index in [-0.39, 0.29) is 5.97 Å². The lowest BCUT2D eigenvalue weighted by Gasteiger charge is -2.05. The summed E-state index contributed by atoms with van der Waals surface area (Å²) in [5.41, 5.74) is 0.731. The van der Waals surface area contributed by atoms with Crippen LogP contribution in [0.25, 0.3) is 11.0 Å². The summed E-state index contributed by atoms with van der Waals surface area (Å²) < 4.78 is 10.9. The summed E-state index contributed by atoms with van der Waals surface area (Å²) in [6.07, 6.45) is 36.3. The molecule has 0 radical (unpaired) electrons. The van der Waals surface area contributed by atoms with Crippen LogP contribution >= 0.6 is 0 Å². The Morgan fingerprint density at radius 2 is 0.925 bits per heavy atom. The van der Waals surface area contributed by atoms with E-state index >= 15 is 0 Å². The molecule has 0 atom stereocenters. The second kappa shape index (κ2) is 25.0. The van der Waals surface area contributed by atoms with Crippen LogP contribution in [0.4, 0.5) is 0 Å². The van der Waals surface area contributed by atoms with Gasteiger partial charge in [-0.25, -0.2) is 4.79 Å². The van der Waals surface area contributed by atoms with E-state index in [1.165, 1.54) is 154 Å². The molecule has 1 aromatic heterocycles. The monoisotopic (exact) mass is 554 g/mol. The Bertz CT molecular complexity index is 806. The van der Waals surface area contributed by atoms with Crippen molar-refractivity contribution in [3.63, 3.8) is 0 Å². The zero-order valence-corrected chi connectivity index (χ0v) is 26.2. The molecule has 228 valence electrons. The van der Waals surface area contributed by atoms with Gasteiger partial charge in [0.05, 0.1) is 6.61 Å². The molecule has 0 saturated heterocycles. The van der Waals surface area contributed by atoms with Gasteiger partial charge in [0.15, 0.2) is 0 Å². The molecule has 0 aliphatic carbocycles. The Hall–Kier alpha value is -1.77. The van der Waals surface area contributed by atoms with E-state index in [0.717, 1.165) is 23.8 Å². The number of hydrogen-bond donors (Lipinski definition) is 0. The van der Waals surface area contributed by atoms with Crippen LogP contribution in [0.1, 0.15) is 184 Å². The molecule has 0 amide bonds. The Labute approximate surface area is 247 Å². The molecule has 40 heavy (non-hydrogen) atoms. The zero-order chi connectivity index (χ0) is 28.4. The van der Waals surface area contributed by atoms with Gasteiger partial charge in [0.2, 0.25) is 5.76 Å². The van der Waals surface area contributed by atoms with Crippen LogP contribution in [0.2, 0.25) is 0 Å². The third kappa shape index (κ3) is 17.8. The molecule has 0 unspecified atom stereocenters. The van der Waals surface area contributed by atoms with Crippen molar-refractivity contribution >= 4 is 16.9 Å². The smallest absolute Gasteiger partial charge is 0.374 e. The van der Waals surface area contributed by atoms with Crippen molar-refractivity contribution in [3.05, 3.63) is 36.1 Å². The second-order valence-corrected chi connectivity index (χ2v) is 12.1. The maximum atomic E-state index is 12.1. The number of esters is 1. The largest absolute Gasteiger partial charge is 0.460 e. The summed E-state index contributed by atoms with van der Waals surface area (Å²) >= 11 is 0. The van der Waals surface area contributed by atoms with E-state index in [2.05, 4.69) is 6.92 Å². The first-order valence-electron chi connectivity index (χ1n) is 17.5. The van der Waals surface area contributed by atoms with Gasteiger partial charge in [-0.15, -0.1) is 0 Å². The van der Waals surface area contributed by atoms with Crippen LogP contribution in [0, 0.1) is 0 Å². The maximum absolute atomic E-state index is 12.1. The summed E-state index contributed by atoms with van der Waals surface area (Å²) in [5, 5.41) is 0.940. The topological polar surface area (TPSA) is 39.4 Å². The van der Waals surface area contributed by atoms with Gasteiger partial charge in [-0.05, 0) is 18.6 Å². The van der Waals surface area contributed by atoms with Gasteiger partial charge in [0, 0.05) is 5.39 Å². The van der Waals surface area contributed by atoms with Crippen molar-refractivity contribution in [2.75, 3.05) is 6.61 Å². The number of fused-ring (bicyclic) bond motifs is 1. The van der Waals surface area contributed by atoms with Gasteiger partial charge in [-0.1, -0.05) is 186 Å². The number of benzene rings is 1. The average molecular weight is 555 g/mol. The van der Waals surface area contributed by atoms with E-state index < -0.39 is 0 Å². The number of rotatable bonds is 28. The summed E-state index contributed by atoms with van der Waals surface area (Å²) in [6, 6.07) is 9.42. The van der Waals surface area contributed by atoms with E-state index in [4.69, 9.17) is 9.15 Å². The van der Waals surface area contributed by atoms with Crippen molar-refractivity contribution in [1.29, 1.82) is 0 Å². The van der Waals surface area contributed by atoms with Gasteiger partial charge >= 0.3 is 5.97 Å². The number of carbonyl (C=O) groups excluding carboxylic acids is 1. The first-order valence-corrected chi connectivity index (χ1v) is 17.5. The van der Waals surface area contributed by atoms with E-state index in [1.54, 1.807) is 6.07 Å². The van der Waals surface area contributed by atoms with Crippen LogP contribution < -0.4 is 0 Å². The molecule has 0 bridgehead atoms. The molecular formula is C37H62O3. The van der Waals surface area contributed by atoms with Gasteiger partial charge in [-0.3, -0.25) is 0 Å². The Morgan fingerprint density at radius 3 is 1.32 bits per heavy atom. The third-order valence-corrected chi connectivity index (χ3v) is 8.36. The molecule has 1 aromatic carbocycles. The summed E-state index contributed by atoms with van der Waals surface area (Å²) in [4.78, 5) is 12.1. The molecule has 0 N–H and O–H groups in total. The minimum atomic E-state index is -0.351. The maximum Gasteiger partial charge on any atom is 0.374 e. The van der Waals surface area contributed by atoms with Crippen LogP contribution in [0.3, 0.4) is 0 Å². The minimum absolute atomic E-state index is 0.302. The predicted octanol–water partition coefficient (Wildman–Crippen LogP) is 12.8. The molecule has 2 aromatic rings. The van der Waals surface area contributed by atoms with Crippen molar-refractivity contribution in [3.8, 4) is 0 Å². The van der Waals surface area contributed by atoms with E-state index in [1.807, 2.05) is 24.3 Å². The summed E-state index contributed by atoms with van der Waals surface area (Å²) in [7, 11) is 0. The first kappa shape index (κ1) is 34.4. The molecular weight excluding hydrogens is 492 g/mol. The lowest BCUT2D eigenvalue weighted by Crippen LogP contribution is -2.05. The minimum Gasteiger partial charge on any atom is -0.460 e. The highest BCUT2D eigenvalue weighted by atomic mass is 16.5. The molecule has 1 heterocycles. The highest BCUT2D eigenvalue weighted by Gasteiger charge is 2.13. The lowest BCUT2D eigenvalue weighted by molar-refractivity contribution is 0.0464. The van der Waals surface area contributed by atoms with Crippen molar-refractivity contribution in [2.24, 2.45) is 0 Å². The standard InChI is InChI=1S/C37H62O3/c1-2-3-4-5-6-7-8-9-10-11-12-13-14-15-16-17-18-19-20-21-22-23-24-25-26-29-32-39-37(38)36-33-34-30-27-28-31-35(34)40-36/h27-28,30-31,33H,2-26,29,32H2,1H3. The SMILES string of the molecule is CCCCCCCCCCCCCCCCCCCCCCCCCCCCOC(=O)c1cc2ccccc2o1. The van der Waals surface area contributed by atoms with Gasteiger partial charge in [0.1, 0.15) is 5.58 Å². The lowest BCUT2D eigenvalue weighted by atomic mass is 10.0. The van der Waals surface area contributed by atoms with Gasteiger partial charge in [-0.2, -0.15) is 0 Å². The van der Waals surface area contributed by atoms with Crippen molar-refractivity contribution in [1.82, 2.24) is 0 Å². The van der Waals surface area contributed by atoms with Crippen LogP contribution in [0.5, 0.6) is 0 Å². The van der Waals surface area contributed by atoms with Crippen molar-refractivity contribution in [2.45, 2.75) is 174 Å². The Balaban J connectivity index is 1.21. The molecule has 0 saturated carbocycles. The fourth-order valence-electron chi connectivity index (χ4n) is 5.74. The van der Waals surface area contributed by atoms with E-state index in [0.29, 0.717) is 12.4 Å². The molecule has 0 aliphatic heterocycles. The molecule has 0 spiro atoms. The zero-order valence-electron chi connectivity index (χ0n) is 26.2. The van der Waals surface area contributed by atoms with Crippen molar-refractivity contribution < 1.29 is 13.9 Å². The quantitative estimate of drug-likeness (QED) is 0.0775. The normalized spacial score (nSPS) is 11.4. The number of hydrogen-bond acceptors (Lipinski definition) is 3. The Morgan fingerprint density at radius 1 is 0.550 bits per heavy atom. The fraction of sp³-hybridized carbons (Fsp3) is 0.757. The van der Waals surface area contributed by atoms with Crippen LogP contribution in [-0.4, -0.2) is 12.6 Å². The highest BCUT2D eigenvalue weighted by Crippen LogP contribution is 2.20. The summed E-state index contributed by atoms with van der Waals surface area (Å²) in [6.45, 7) is 2.78. The predicted molar refractivity (Wildman–Crippen MR) is 172 cm³/mol. The Kier molecular flexibility index (Phi) is 21.5. The first-order chi connectivity index (χ1) is 19.8. The molecule has 2 rings (SSSR count). The number of ether oxygens (including phenoxy) is 1. The van der Waals surface area contributed by atoms with E-state index in [9.17, 15) is 4.79 Å².